The van der Waals surface area contributed by atoms with Gasteiger partial charge in [0.25, 0.3) is 0 Å². The Morgan fingerprint density at radius 3 is 2.68 bits per heavy atom. The van der Waals surface area contributed by atoms with Gasteiger partial charge in [0.15, 0.2) is 16.6 Å². The third-order valence-corrected chi connectivity index (χ3v) is 7.40. The van der Waals surface area contributed by atoms with Crippen LogP contribution in [0, 0.1) is 0 Å². The molecule has 2 heterocycles. The Labute approximate surface area is 207 Å². The number of aromatic nitrogens is 1. The summed E-state index contributed by atoms with van der Waals surface area (Å²) in [5.74, 6) is 1.16. The van der Waals surface area contributed by atoms with Crippen LogP contribution in [0.15, 0.2) is 41.1 Å². The largest absolute Gasteiger partial charge is 0.493 e. The van der Waals surface area contributed by atoms with Gasteiger partial charge in [0, 0.05) is 10.3 Å². The predicted molar refractivity (Wildman–Crippen MR) is 135 cm³/mol. The molecule has 4 rings (SSSR count). The van der Waals surface area contributed by atoms with E-state index >= 15 is 0 Å². The van der Waals surface area contributed by atoms with Crippen LogP contribution in [0.2, 0.25) is 0 Å². The third-order valence-electron chi connectivity index (χ3n) is 5.72. The van der Waals surface area contributed by atoms with E-state index in [-0.39, 0.29) is 30.4 Å². The zero-order chi connectivity index (χ0) is 23.9. The molecular formula is C25H29N3O4S2. The molecule has 0 bridgehead atoms. The lowest BCUT2D eigenvalue weighted by Crippen LogP contribution is -2.28. The average Bonchev–Trinajstić information content (AvgIpc) is 3.58. The van der Waals surface area contributed by atoms with Crippen LogP contribution in [0.1, 0.15) is 54.8 Å². The number of ether oxygens (including phenoxy) is 2. The highest BCUT2D eigenvalue weighted by Gasteiger charge is 2.20. The first-order valence-electron chi connectivity index (χ1n) is 11.4. The van der Waals surface area contributed by atoms with Crippen molar-refractivity contribution in [3.63, 3.8) is 0 Å². The summed E-state index contributed by atoms with van der Waals surface area (Å²) < 4.78 is 11.6. The van der Waals surface area contributed by atoms with Gasteiger partial charge in [-0.15, -0.1) is 22.7 Å². The van der Waals surface area contributed by atoms with Crippen molar-refractivity contribution in [2.24, 2.45) is 0 Å². The maximum atomic E-state index is 12.6. The lowest BCUT2D eigenvalue weighted by molar-refractivity contribution is -0.121. The number of thiophene rings is 1. The Hall–Kier alpha value is -2.91. The lowest BCUT2D eigenvalue weighted by atomic mass is 10.1. The van der Waals surface area contributed by atoms with Crippen molar-refractivity contribution in [2.45, 2.75) is 57.6 Å². The van der Waals surface area contributed by atoms with Crippen molar-refractivity contribution in [2.75, 3.05) is 12.4 Å². The van der Waals surface area contributed by atoms with Crippen molar-refractivity contribution in [3.8, 4) is 11.5 Å². The van der Waals surface area contributed by atoms with Crippen molar-refractivity contribution in [1.29, 1.82) is 0 Å². The van der Waals surface area contributed by atoms with E-state index in [0.717, 1.165) is 29.0 Å². The first-order valence-corrected chi connectivity index (χ1v) is 13.2. The molecule has 0 aliphatic heterocycles. The summed E-state index contributed by atoms with van der Waals surface area (Å²) in [5.41, 5.74) is 1.56. The molecule has 1 fully saturated rings. The normalized spacial score (nSPS) is 14.5. The third kappa shape index (κ3) is 6.57. The number of nitrogens with one attached hydrogen (secondary N) is 2. The van der Waals surface area contributed by atoms with Gasteiger partial charge in [0.05, 0.1) is 37.8 Å². The minimum atomic E-state index is -0.203. The number of rotatable bonds is 10. The Morgan fingerprint density at radius 1 is 1.12 bits per heavy atom. The van der Waals surface area contributed by atoms with Gasteiger partial charge in [-0.1, -0.05) is 12.1 Å². The van der Waals surface area contributed by atoms with Gasteiger partial charge in [-0.05, 0) is 61.7 Å². The molecule has 34 heavy (non-hydrogen) atoms. The molecule has 0 spiro atoms. The highest BCUT2D eigenvalue weighted by Crippen LogP contribution is 2.33. The van der Waals surface area contributed by atoms with Gasteiger partial charge >= 0.3 is 0 Å². The molecule has 180 valence electrons. The fourth-order valence-corrected chi connectivity index (χ4v) is 5.39. The molecule has 1 atom stereocenters. The van der Waals surface area contributed by atoms with Crippen molar-refractivity contribution in [1.82, 2.24) is 10.3 Å². The number of hydrogen-bond acceptors (Lipinski definition) is 7. The fraction of sp³-hybridized carbons (Fsp3) is 0.400. The molecule has 2 amide bonds. The SMILES string of the molecule is COc1cc(C(C)NC(=O)Cc2csc(NC(=O)Cc3cccs3)n2)ccc1OC1CCCC1. The highest BCUT2D eigenvalue weighted by atomic mass is 32.1. The van der Waals surface area contributed by atoms with E-state index in [4.69, 9.17) is 9.47 Å². The van der Waals surface area contributed by atoms with Gasteiger partial charge in [0.2, 0.25) is 11.8 Å². The fourth-order valence-electron chi connectivity index (χ4n) is 3.96. The van der Waals surface area contributed by atoms with Crippen molar-refractivity contribution >= 4 is 39.6 Å². The summed E-state index contributed by atoms with van der Waals surface area (Å²) >= 11 is 2.86. The summed E-state index contributed by atoms with van der Waals surface area (Å²) in [6, 6.07) is 9.44. The highest BCUT2D eigenvalue weighted by molar-refractivity contribution is 7.14. The quantitative estimate of drug-likeness (QED) is 0.403. The molecular weight excluding hydrogens is 470 g/mol. The second kappa shape index (κ2) is 11.5. The molecule has 0 radical (unpaired) electrons. The van der Waals surface area contributed by atoms with Crippen molar-refractivity contribution < 1.29 is 19.1 Å². The maximum absolute atomic E-state index is 12.6. The minimum Gasteiger partial charge on any atom is -0.493 e. The topological polar surface area (TPSA) is 89.6 Å². The second-order valence-corrected chi connectivity index (χ2v) is 10.2. The lowest BCUT2D eigenvalue weighted by Gasteiger charge is -2.19. The smallest absolute Gasteiger partial charge is 0.231 e. The first-order chi connectivity index (χ1) is 16.5. The maximum Gasteiger partial charge on any atom is 0.231 e. The van der Waals surface area contributed by atoms with E-state index in [0.29, 0.717) is 23.0 Å². The zero-order valence-corrected chi connectivity index (χ0v) is 21.0. The van der Waals surface area contributed by atoms with Crippen LogP contribution in [-0.2, 0) is 22.4 Å². The first kappa shape index (κ1) is 24.2. The van der Waals surface area contributed by atoms with Gasteiger partial charge in [0.1, 0.15) is 0 Å². The number of thiazole rings is 1. The Balaban J connectivity index is 1.29. The molecule has 9 heteroatoms. The van der Waals surface area contributed by atoms with Crippen LogP contribution in [0.4, 0.5) is 5.13 Å². The second-order valence-electron chi connectivity index (χ2n) is 8.35. The number of methoxy groups -OCH3 is 1. The number of carbonyl (C=O) groups excluding carboxylic acids is 2. The van der Waals surface area contributed by atoms with Gasteiger partial charge in [-0.2, -0.15) is 0 Å². The van der Waals surface area contributed by atoms with E-state index < -0.39 is 0 Å². The molecule has 7 nitrogen and oxygen atoms in total. The zero-order valence-electron chi connectivity index (χ0n) is 19.3. The van der Waals surface area contributed by atoms with Crippen LogP contribution in [0.5, 0.6) is 11.5 Å². The van der Waals surface area contributed by atoms with Crippen LogP contribution < -0.4 is 20.1 Å². The molecule has 2 aromatic heterocycles. The number of benzene rings is 1. The van der Waals surface area contributed by atoms with Crippen LogP contribution in [-0.4, -0.2) is 30.0 Å². The monoisotopic (exact) mass is 499 g/mol. The summed E-state index contributed by atoms with van der Waals surface area (Å²) in [6.45, 7) is 1.93. The Kier molecular flexibility index (Phi) is 8.18. The number of amides is 2. The predicted octanol–water partition coefficient (Wildman–Crippen LogP) is 5.14. The van der Waals surface area contributed by atoms with Crippen LogP contribution >= 0.6 is 22.7 Å². The number of nitrogens with zero attached hydrogens (tertiary/aromatic N) is 1. The molecule has 0 saturated heterocycles. The molecule has 1 aromatic carbocycles. The van der Waals surface area contributed by atoms with Crippen LogP contribution in [0.3, 0.4) is 0 Å². The average molecular weight is 500 g/mol. The van der Waals surface area contributed by atoms with Gasteiger partial charge in [-0.3, -0.25) is 9.59 Å². The van der Waals surface area contributed by atoms with E-state index in [9.17, 15) is 9.59 Å². The number of hydrogen-bond donors (Lipinski definition) is 2. The van der Waals surface area contributed by atoms with E-state index in [1.165, 1.54) is 24.2 Å². The summed E-state index contributed by atoms with van der Waals surface area (Å²) in [6.07, 6.45) is 5.27. The van der Waals surface area contributed by atoms with E-state index in [1.807, 2.05) is 42.6 Å². The number of anilines is 1. The summed E-state index contributed by atoms with van der Waals surface area (Å²) in [5, 5.41) is 10.1. The van der Waals surface area contributed by atoms with Gasteiger partial charge in [-0.25, -0.2) is 4.98 Å². The summed E-state index contributed by atoms with van der Waals surface area (Å²) in [4.78, 5) is 30.1. The number of carbonyl (C=O) groups is 2. The Bertz CT molecular complexity index is 1110. The van der Waals surface area contributed by atoms with Gasteiger partial charge < -0.3 is 20.1 Å². The minimum absolute atomic E-state index is 0.115. The summed E-state index contributed by atoms with van der Waals surface area (Å²) in [7, 11) is 1.63. The van der Waals surface area contributed by atoms with Crippen LogP contribution in [0.25, 0.3) is 0 Å². The molecule has 1 aliphatic carbocycles. The Morgan fingerprint density at radius 2 is 1.94 bits per heavy atom. The molecule has 3 aromatic rings. The molecule has 2 N–H and O–H groups in total. The molecule has 1 unspecified atom stereocenters. The molecule has 1 saturated carbocycles. The molecule has 1 aliphatic rings. The van der Waals surface area contributed by atoms with Crippen molar-refractivity contribution in [3.05, 3.63) is 57.2 Å². The van der Waals surface area contributed by atoms with E-state index in [1.54, 1.807) is 23.8 Å². The standard InChI is InChI=1S/C25H29N3O4S2/c1-16(17-9-10-21(22(12-17)31-2)32-19-6-3-4-7-19)26-23(29)13-18-15-34-25(27-18)28-24(30)14-20-8-5-11-33-20/h5,8-12,15-16,19H,3-4,6-7,13-14H2,1-2H3,(H,26,29)(H,27,28,30). The van der Waals surface area contributed by atoms with E-state index in [2.05, 4.69) is 15.6 Å².